The van der Waals surface area contributed by atoms with Gasteiger partial charge in [-0.3, -0.25) is 9.59 Å². The molecule has 0 saturated heterocycles. The third kappa shape index (κ3) is 6.12. The summed E-state index contributed by atoms with van der Waals surface area (Å²) in [5, 5.41) is 5.42. The van der Waals surface area contributed by atoms with Crippen LogP contribution in [0.15, 0.2) is 24.3 Å². The summed E-state index contributed by atoms with van der Waals surface area (Å²) in [4.78, 5) is 23.8. The number of hydrogen-bond acceptors (Lipinski definition) is 4. The van der Waals surface area contributed by atoms with E-state index in [1.807, 2.05) is 6.92 Å². The van der Waals surface area contributed by atoms with Crippen LogP contribution in [0.2, 0.25) is 0 Å². The Balaban J connectivity index is 0.00000400. The molecule has 7 heteroatoms. The molecule has 0 aliphatic rings. The maximum Gasteiger partial charge on any atom is 0.253 e. The van der Waals surface area contributed by atoms with Gasteiger partial charge in [0.2, 0.25) is 5.91 Å². The second-order valence-electron chi connectivity index (χ2n) is 4.25. The first-order chi connectivity index (χ1) is 9.62. The summed E-state index contributed by atoms with van der Waals surface area (Å²) < 4.78 is 5.06. The first-order valence-electron chi connectivity index (χ1n) is 6.52. The van der Waals surface area contributed by atoms with Gasteiger partial charge in [-0.25, -0.2) is 0 Å². The Morgan fingerprint density at radius 3 is 2.57 bits per heavy atom. The van der Waals surface area contributed by atoms with Crippen molar-refractivity contribution in [3.8, 4) is 0 Å². The average molecular weight is 316 g/mol. The van der Waals surface area contributed by atoms with Crippen molar-refractivity contribution in [3.63, 3.8) is 0 Å². The minimum absolute atomic E-state index is 0. The molecular weight excluding hydrogens is 294 g/mol. The number of methoxy groups -OCH3 is 1. The maximum atomic E-state index is 11.9. The molecule has 2 amide bonds. The Morgan fingerprint density at radius 1 is 1.33 bits per heavy atom. The molecule has 0 fully saturated rings. The summed E-state index contributed by atoms with van der Waals surface area (Å²) >= 11 is 0. The summed E-state index contributed by atoms with van der Waals surface area (Å²) in [6, 6.07) is 6.86. The van der Waals surface area contributed by atoms with Crippen LogP contribution in [0.3, 0.4) is 0 Å². The van der Waals surface area contributed by atoms with Crippen LogP contribution >= 0.6 is 12.4 Å². The minimum Gasteiger partial charge on any atom is -0.380 e. The summed E-state index contributed by atoms with van der Waals surface area (Å²) in [5.41, 5.74) is 6.39. The first kappa shape index (κ1) is 19.4. The molecule has 1 unspecified atom stereocenters. The predicted molar refractivity (Wildman–Crippen MR) is 84.8 cm³/mol. The van der Waals surface area contributed by atoms with Gasteiger partial charge in [0.1, 0.15) is 0 Å². The Labute approximate surface area is 130 Å². The van der Waals surface area contributed by atoms with Crippen LogP contribution < -0.4 is 16.4 Å². The molecule has 0 radical (unpaired) electrons. The van der Waals surface area contributed by atoms with Crippen LogP contribution in [-0.2, 0) is 9.53 Å². The highest BCUT2D eigenvalue weighted by molar-refractivity contribution is 6.03. The van der Waals surface area contributed by atoms with Gasteiger partial charge in [-0.2, -0.15) is 0 Å². The van der Waals surface area contributed by atoms with E-state index in [0.29, 0.717) is 17.8 Å². The van der Waals surface area contributed by atoms with E-state index in [-0.39, 0.29) is 43.3 Å². The zero-order chi connectivity index (χ0) is 15.0. The average Bonchev–Trinajstić information content (AvgIpc) is 2.45. The topological polar surface area (TPSA) is 93.5 Å². The number of carbonyl (C=O) groups excluding carboxylic acids is 2. The monoisotopic (exact) mass is 315 g/mol. The fourth-order valence-corrected chi connectivity index (χ4v) is 1.72. The maximum absolute atomic E-state index is 11.9. The molecular formula is C14H22ClN3O3. The molecule has 0 saturated carbocycles. The zero-order valence-corrected chi connectivity index (χ0v) is 13.0. The van der Waals surface area contributed by atoms with Gasteiger partial charge in [0.05, 0.1) is 23.8 Å². The summed E-state index contributed by atoms with van der Waals surface area (Å²) in [6.45, 7) is 2.63. The molecule has 1 aromatic carbocycles. The van der Waals surface area contributed by atoms with Crippen LogP contribution in [-0.4, -0.2) is 38.1 Å². The zero-order valence-electron chi connectivity index (χ0n) is 12.2. The molecule has 0 aromatic heterocycles. The van der Waals surface area contributed by atoms with Gasteiger partial charge >= 0.3 is 0 Å². The van der Waals surface area contributed by atoms with Crippen molar-refractivity contribution in [3.05, 3.63) is 29.8 Å². The van der Waals surface area contributed by atoms with E-state index < -0.39 is 0 Å². The summed E-state index contributed by atoms with van der Waals surface area (Å²) in [6.07, 6.45) is -0.178. The van der Waals surface area contributed by atoms with E-state index >= 15 is 0 Å². The molecule has 4 N–H and O–H groups in total. The van der Waals surface area contributed by atoms with Gasteiger partial charge in [0.15, 0.2) is 0 Å². The largest absolute Gasteiger partial charge is 0.380 e. The molecule has 0 bridgehead atoms. The standard InChI is InChI=1S/C14H21N3O3.ClH/c1-3-16-14(19)11-6-4-5-7-12(11)17-13(18)8-10(9-15)20-2;/h4-7,10H,3,8-9,15H2,1-2H3,(H,16,19)(H,17,18);1H. The van der Waals surface area contributed by atoms with E-state index in [0.717, 1.165) is 0 Å². The minimum atomic E-state index is -0.327. The highest BCUT2D eigenvalue weighted by Crippen LogP contribution is 2.15. The molecule has 1 atom stereocenters. The lowest BCUT2D eigenvalue weighted by atomic mass is 10.1. The molecule has 21 heavy (non-hydrogen) atoms. The lowest BCUT2D eigenvalue weighted by Gasteiger charge is -2.14. The number of benzene rings is 1. The van der Waals surface area contributed by atoms with Crippen LogP contribution in [0, 0.1) is 0 Å². The van der Waals surface area contributed by atoms with Gasteiger partial charge in [0, 0.05) is 20.2 Å². The highest BCUT2D eigenvalue weighted by atomic mass is 35.5. The number of anilines is 1. The lowest BCUT2D eigenvalue weighted by Crippen LogP contribution is -2.29. The van der Waals surface area contributed by atoms with Crippen LogP contribution in [0.4, 0.5) is 5.69 Å². The van der Waals surface area contributed by atoms with Crippen molar-refractivity contribution in [2.75, 3.05) is 25.5 Å². The number of hydrogen-bond donors (Lipinski definition) is 3. The number of para-hydroxylation sites is 1. The Kier molecular flexibility index (Phi) is 9.36. The van der Waals surface area contributed by atoms with Gasteiger partial charge < -0.3 is 21.1 Å². The molecule has 0 aliphatic carbocycles. The molecule has 1 aromatic rings. The van der Waals surface area contributed by atoms with Gasteiger partial charge in [-0.15, -0.1) is 12.4 Å². The Morgan fingerprint density at radius 2 is 2.00 bits per heavy atom. The van der Waals surface area contributed by atoms with Gasteiger partial charge in [-0.05, 0) is 19.1 Å². The Hall–Kier alpha value is -1.63. The number of rotatable bonds is 7. The Bertz CT molecular complexity index is 465. The van der Waals surface area contributed by atoms with Crippen molar-refractivity contribution < 1.29 is 14.3 Å². The van der Waals surface area contributed by atoms with Crippen LogP contribution in [0.25, 0.3) is 0 Å². The van der Waals surface area contributed by atoms with Crippen molar-refractivity contribution in [2.45, 2.75) is 19.4 Å². The number of nitrogens with two attached hydrogens (primary N) is 1. The normalized spacial score (nSPS) is 11.2. The van der Waals surface area contributed by atoms with Crippen molar-refractivity contribution in [1.29, 1.82) is 0 Å². The van der Waals surface area contributed by atoms with Crippen molar-refractivity contribution in [2.24, 2.45) is 5.73 Å². The fourth-order valence-electron chi connectivity index (χ4n) is 1.72. The molecule has 0 spiro atoms. The van der Waals surface area contributed by atoms with Crippen LogP contribution in [0.5, 0.6) is 0 Å². The SMILES string of the molecule is CCNC(=O)c1ccccc1NC(=O)CC(CN)OC.Cl. The number of nitrogens with one attached hydrogen (secondary N) is 2. The molecule has 0 aliphatic heterocycles. The molecule has 0 heterocycles. The molecule has 1 rings (SSSR count). The third-order valence-corrected chi connectivity index (χ3v) is 2.79. The summed E-state index contributed by atoms with van der Waals surface area (Å²) in [5.74, 6) is -0.454. The third-order valence-electron chi connectivity index (χ3n) is 2.79. The van der Waals surface area contributed by atoms with E-state index in [2.05, 4.69) is 10.6 Å². The van der Waals surface area contributed by atoms with Crippen molar-refractivity contribution in [1.82, 2.24) is 5.32 Å². The highest BCUT2D eigenvalue weighted by Gasteiger charge is 2.15. The lowest BCUT2D eigenvalue weighted by molar-refractivity contribution is -0.118. The number of ether oxygens (including phenoxy) is 1. The number of halogens is 1. The van der Waals surface area contributed by atoms with E-state index in [1.165, 1.54) is 7.11 Å². The second-order valence-corrected chi connectivity index (χ2v) is 4.25. The van der Waals surface area contributed by atoms with Crippen molar-refractivity contribution >= 4 is 29.9 Å². The fraction of sp³-hybridized carbons (Fsp3) is 0.429. The van der Waals surface area contributed by atoms with E-state index in [1.54, 1.807) is 24.3 Å². The first-order valence-corrected chi connectivity index (χ1v) is 6.52. The smallest absolute Gasteiger partial charge is 0.253 e. The van der Waals surface area contributed by atoms with Crippen LogP contribution in [0.1, 0.15) is 23.7 Å². The van der Waals surface area contributed by atoms with Gasteiger partial charge in [-0.1, -0.05) is 12.1 Å². The quantitative estimate of drug-likeness (QED) is 0.704. The van der Waals surface area contributed by atoms with E-state index in [9.17, 15) is 9.59 Å². The predicted octanol–water partition coefficient (Wildman–Crippen LogP) is 1.16. The summed E-state index contributed by atoms with van der Waals surface area (Å²) in [7, 11) is 1.51. The van der Waals surface area contributed by atoms with Gasteiger partial charge in [0.25, 0.3) is 5.91 Å². The molecule has 6 nitrogen and oxygen atoms in total. The number of amides is 2. The van der Waals surface area contributed by atoms with E-state index in [4.69, 9.17) is 10.5 Å². The number of carbonyl (C=O) groups is 2. The second kappa shape index (κ2) is 10.1. The molecule has 118 valence electrons.